The molecule has 0 saturated carbocycles. The number of ether oxygens (including phenoxy) is 1. The predicted octanol–water partition coefficient (Wildman–Crippen LogP) is 3.77. The molecule has 9 heteroatoms. The van der Waals surface area contributed by atoms with Gasteiger partial charge in [0.2, 0.25) is 0 Å². The fraction of sp³-hybridized carbons (Fsp3) is 0.261. The molecule has 0 aliphatic carbocycles. The van der Waals surface area contributed by atoms with Crippen molar-refractivity contribution in [3.05, 3.63) is 72.2 Å². The van der Waals surface area contributed by atoms with Gasteiger partial charge in [0, 0.05) is 24.4 Å². The Kier molecular flexibility index (Phi) is 6.25. The number of imidazole rings is 1. The number of methoxy groups -OCH3 is 1. The minimum absolute atomic E-state index is 0.185. The standard InChI is InChI=1S/C23H24N6O3/c1-4-5-20-27-23(32-28-20)17-10-11-24-21(12-17)29-13-19(25-14-29)22(30)26-15(2)16-6-8-18(31-3)9-7-16/h6-15H,4-5H2,1-3H3,(H,26,30). The Balaban J connectivity index is 1.47. The minimum Gasteiger partial charge on any atom is -0.497 e. The summed E-state index contributed by atoms with van der Waals surface area (Å²) in [6.45, 7) is 3.98. The average Bonchev–Trinajstić information content (AvgIpc) is 3.50. The number of rotatable bonds is 8. The quantitative estimate of drug-likeness (QED) is 0.451. The van der Waals surface area contributed by atoms with Crippen LogP contribution in [-0.4, -0.2) is 37.7 Å². The van der Waals surface area contributed by atoms with Crippen molar-refractivity contribution >= 4 is 5.91 Å². The van der Waals surface area contributed by atoms with Crippen LogP contribution in [0.5, 0.6) is 5.75 Å². The van der Waals surface area contributed by atoms with Crippen molar-refractivity contribution in [3.8, 4) is 23.0 Å². The van der Waals surface area contributed by atoms with Crippen molar-refractivity contribution in [2.45, 2.75) is 32.7 Å². The topological polar surface area (TPSA) is 108 Å². The summed E-state index contributed by atoms with van der Waals surface area (Å²) in [6.07, 6.45) is 6.54. The van der Waals surface area contributed by atoms with Crippen molar-refractivity contribution in [1.82, 2.24) is 30.0 Å². The summed E-state index contributed by atoms with van der Waals surface area (Å²) < 4.78 is 12.2. The Morgan fingerprint density at radius 2 is 2.03 bits per heavy atom. The zero-order chi connectivity index (χ0) is 22.5. The lowest BCUT2D eigenvalue weighted by Gasteiger charge is -2.13. The first-order valence-corrected chi connectivity index (χ1v) is 10.4. The second-order valence-corrected chi connectivity index (χ2v) is 7.30. The molecule has 4 aromatic rings. The summed E-state index contributed by atoms with van der Waals surface area (Å²) in [6, 6.07) is 11.0. The molecule has 1 atom stereocenters. The van der Waals surface area contributed by atoms with Crippen LogP contribution >= 0.6 is 0 Å². The third-order valence-electron chi connectivity index (χ3n) is 4.98. The number of carbonyl (C=O) groups excluding carboxylic acids is 1. The maximum absolute atomic E-state index is 12.7. The van der Waals surface area contributed by atoms with E-state index in [0.29, 0.717) is 23.2 Å². The van der Waals surface area contributed by atoms with Crippen molar-refractivity contribution < 1.29 is 14.1 Å². The average molecular weight is 432 g/mol. The highest BCUT2D eigenvalue weighted by Crippen LogP contribution is 2.20. The lowest BCUT2D eigenvalue weighted by molar-refractivity contribution is 0.0935. The number of aryl methyl sites for hydroxylation is 1. The van der Waals surface area contributed by atoms with E-state index in [1.807, 2.05) is 37.3 Å². The smallest absolute Gasteiger partial charge is 0.271 e. The molecule has 0 saturated heterocycles. The normalized spacial score (nSPS) is 11.8. The van der Waals surface area contributed by atoms with Gasteiger partial charge in [-0.2, -0.15) is 4.98 Å². The highest BCUT2D eigenvalue weighted by Gasteiger charge is 2.16. The number of hydrogen-bond donors (Lipinski definition) is 1. The van der Waals surface area contributed by atoms with Crippen LogP contribution in [0.1, 0.15) is 48.2 Å². The van der Waals surface area contributed by atoms with E-state index in [4.69, 9.17) is 9.26 Å². The molecule has 164 valence electrons. The van der Waals surface area contributed by atoms with Crippen LogP contribution in [0, 0.1) is 0 Å². The van der Waals surface area contributed by atoms with Gasteiger partial charge in [0.05, 0.1) is 13.2 Å². The van der Waals surface area contributed by atoms with Crippen LogP contribution in [0.3, 0.4) is 0 Å². The van der Waals surface area contributed by atoms with Crippen LogP contribution in [0.25, 0.3) is 17.3 Å². The largest absolute Gasteiger partial charge is 0.497 e. The number of hydrogen-bond acceptors (Lipinski definition) is 7. The van der Waals surface area contributed by atoms with Gasteiger partial charge in [0.15, 0.2) is 5.82 Å². The lowest BCUT2D eigenvalue weighted by Crippen LogP contribution is -2.26. The summed E-state index contributed by atoms with van der Waals surface area (Å²) in [5.41, 5.74) is 2.01. The first-order chi connectivity index (χ1) is 15.6. The van der Waals surface area contributed by atoms with E-state index in [1.54, 1.807) is 36.5 Å². The van der Waals surface area contributed by atoms with Gasteiger partial charge in [0.25, 0.3) is 11.8 Å². The lowest BCUT2D eigenvalue weighted by atomic mass is 10.1. The fourth-order valence-electron chi connectivity index (χ4n) is 3.20. The Morgan fingerprint density at radius 3 is 2.78 bits per heavy atom. The first-order valence-electron chi connectivity index (χ1n) is 10.4. The number of nitrogens with one attached hydrogen (secondary N) is 1. The second kappa shape index (κ2) is 9.42. The highest BCUT2D eigenvalue weighted by molar-refractivity contribution is 5.92. The number of amides is 1. The zero-order valence-electron chi connectivity index (χ0n) is 18.1. The van der Waals surface area contributed by atoms with Crippen molar-refractivity contribution in [2.75, 3.05) is 7.11 Å². The van der Waals surface area contributed by atoms with Gasteiger partial charge >= 0.3 is 0 Å². The highest BCUT2D eigenvalue weighted by atomic mass is 16.5. The van der Waals surface area contributed by atoms with E-state index in [0.717, 1.165) is 29.7 Å². The molecule has 32 heavy (non-hydrogen) atoms. The molecular formula is C23H24N6O3. The van der Waals surface area contributed by atoms with Crippen molar-refractivity contribution in [1.29, 1.82) is 0 Å². The Morgan fingerprint density at radius 1 is 1.22 bits per heavy atom. The van der Waals surface area contributed by atoms with Crippen molar-refractivity contribution in [2.24, 2.45) is 0 Å². The summed E-state index contributed by atoms with van der Waals surface area (Å²) in [4.78, 5) is 25.7. The molecule has 1 N–H and O–H groups in total. The van der Waals surface area contributed by atoms with Crippen LogP contribution in [0.2, 0.25) is 0 Å². The van der Waals surface area contributed by atoms with Crippen LogP contribution in [-0.2, 0) is 6.42 Å². The van der Waals surface area contributed by atoms with Crippen LogP contribution in [0.15, 0.2) is 59.6 Å². The van der Waals surface area contributed by atoms with Gasteiger partial charge < -0.3 is 14.6 Å². The number of pyridine rings is 1. The van der Waals surface area contributed by atoms with Gasteiger partial charge in [-0.1, -0.05) is 24.2 Å². The Hall–Kier alpha value is -4.01. The van der Waals surface area contributed by atoms with E-state index in [1.165, 1.54) is 0 Å². The molecule has 0 aliphatic rings. The van der Waals surface area contributed by atoms with Gasteiger partial charge in [-0.15, -0.1) is 0 Å². The third kappa shape index (κ3) is 4.66. The molecule has 0 spiro atoms. The molecule has 0 bridgehead atoms. The van der Waals surface area contributed by atoms with E-state index < -0.39 is 0 Å². The maximum Gasteiger partial charge on any atom is 0.271 e. The minimum atomic E-state index is -0.274. The van der Waals surface area contributed by atoms with Crippen molar-refractivity contribution in [3.63, 3.8) is 0 Å². The number of aromatic nitrogens is 5. The third-order valence-corrected chi connectivity index (χ3v) is 4.98. The second-order valence-electron chi connectivity index (χ2n) is 7.30. The number of nitrogens with zero attached hydrogens (tertiary/aromatic N) is 5. The van der Waals surface area contributed by atoms with Gasteiger partial charge in [-0.05, 0) is 43.2 Å². The molecule has 1 amide bonds. The summed E-state index contributed by atoms with van der Waals surface area (Å²) in [7, 11) is 1.62. The maximum atomic E-state index is 12.7. The molecule has 0 fully saturated rings. The number of carbonyl (C=O) groups is 1. The zero-order valence-corrected chi connectivity index (χ0v) is 18.1. The molecule has 0 aliphatic heterocycles. The molecule has 4 rings (SSSR count). The van der Waals surface area contributed by atoms with E-state index in [2.05, 4.69) is 32.3 Å². The van der Waals surface area contributed by atoms with E-state index >= 15 is 0 Å². The van der Waals surface area contributed by atoms with E-state index in [-0.39, 0.29) is 11.9 Å². The summed E-state index contributed by atoms with van der Waals surface area (Å²) in [5.74, 6) is 2.19. The SMILES string of the molecule is CCCc1noc(-c2ccnc(-n3cnc(C(=O)NC(C)c4ccc(OC)cc4)c3)c2)n1. The molecule has 9 nitrogen and oxygen atoms in total. The van der Waals surface area contributed by atoms with Gasteiger partial charge in [0.1, 0.15) is 23.6 Å². The Labute approximate surface area is 185 Å². The number of benzene rings is 1. The van der Waals surface area contributed by atoms with Crippen LogP contribution in [0.4, 0.5) is 0 Å². The summed E-state index contributed by atoms with van der Waals surface area (Å²) in [5, 5.41) is 6.95. The molecule has 0 radical (unpaired) electrons. The Bertz CT molecular complexity index is 1200. The molecule has 3 heterocycles. The van der Waals surface area contributed by atoms with Gasteiger partial charge in [-0.3, -0.25) is 9.36 Å². The van der Waals surface area contributed by atoms with Crippen LogP contribution < -0.4 is 10.1 Å². The molecule has 3 aromatic heterocycles. The fourth-order valence-corrected chi connectivity index (χ4v) is 3.20. The van der Waals surface area contributed by atoms with E-state index in [9.17, 15) is 4.79 Å². The molecule has 1 unspecified atom stereocenters. The summed E-state index contributed by atoms with van der Waals surface area (Å²) >= 11 is 0. The van der Waals surface area contributed by atoms with Gasteiger partial charge in [-0.25, -0.2) is 9.97 Å². The first kappa shape index (κ1) is 21.2. The predicted molar refractivity (Wildman–Crippen MR) is 118 cm³/mol. The monoisotopic (exact) mass is 432 g/mol. The molecular weight excluding hydrogens is 408 g/mol. The molecule has 1 aromatic carbocycles.